The Morgan fingerprint density at radius 1 is 1.00 bits per heavy atom. The van der Waals surface area contributed by atoms with Crippen molar-refractivity contribution in [3.05, 3.63) is 94.6 Å². The van der Waals surface area contributed by atoms with E-state index in [2.05, 4.69) is 45.5 Å². The van der Waals surface area contributed by atoms with E-state index in [9.17, 15) is 5.11 Å². The summed E-state index contributed by atoms with van der Waals surface area (Å²) < 4.78 is 0. The maximum Gasteiger partial charge on any atom is 0.119 e. The number of piperazine rings is 1. The number of fused-ring (bicyclic) bond motifs is 1. The van der Waals surface area contributed by atoms with E-state index >= 15 is 0 Å². The van der Waals surface area contributed by atoms with Crippen LogP contribution in [0.4, 0.5) is 5.69 Å². The summed E-state index contributed by atoms with van der Waals surface area (Å²) >= 11 is 6.32. The zero-order chi connectivity index (χ0) is 20.5. The number of hydrogen-bond donors (Lipinski definition) is 3. The molecule has 1 atom stereocenters. The monoisotopic (exact) mass is 416 g/mol. The fourth-order valence-electron chi connectivity index (χ4n) is 4.28. The van der Waals surface area contributed by atoms with Crippen molar-refractivity contribution < 1.29 is 5.11 Å². The third kappa shape index (κ3) is 3.64. The molecule has 1 fully saturated rings. The molecule has 4 aromatic rings. The zero-order valence-corrected chi connectivity index (χ0v) is 17.3. The van der Waals surface area contributed by atoms with Gasteiger partial charge in [0, 0.05) is 53.7 Å². The first-order chi connectivity index (χ1) is 14.7. The van der Waals surface area contributed by atoms with Crippen LogP contribution in [-0.4, -0.2) is 36.3 Å². The minimum Gasteiger partial charge on any atom is -0.508 e. The highest BCUT2D eigenvalue weighted by Gasteiger charge is 2.23. The average Bonchev–Trinajstić information content (AvgIpc) is 3.21. The van der Waals surface area contributed by atoms with Crippen molar-refractivity contribution in [2.75, 3.05) is 31.1 Å². The highest BCUT2D eigenvalue weighted by Crippen LogP contribution is 2.39. The van der Waals surface area contributed by atoms with Gasteiger partial charge in [-0.25, -0.2) is 0 Å². The lowest BCUT2D eigenvalue weighted by atomic mass is 9.87. The van der Waals surface area contributed by atoms with Crippen LogP contribution in [0.3, 0.4) is 0 Å². The molecular formula is C25H23ClN3O. The van der Waals surface area contributed by atoms with E-state index in [0.717, 1.165) is 59.6 Å². The van der Waals surface area contributed by atoms with Crippen LogP contribution in [0, 0.1) is 6.07 Å². The SMILES string of the molecule is Oc1ccc(Cl)cc1[C@@H](c1c[c]cc(N2CCNCC2)c1)c1cc2ccccc2[nH]1. The number of hydrogen-bond acceptors (Lipinski definition) is 3. The van der Waals surface area contributed by atoms with Crippen molar-refractivity contribution in [3.63, 3.8) is 0 Å². The number of phenolic OH excluding ortho intramolecular Hbond substituents is 1. The van der Waals surface area contributed by atoms with E-state index in [0.29, 0.717) is 5.02 Å². The van der Waals surface area contributed by atoms with Crippen LogP contribution in [0.5, 0.6) is 5.75 Å². The number of nitrogens with one attached hydrogen (secondary N) is 2. The Balaban J connectivity index is 1.65. The fourth-order valence-corrected chi connectivity index (χ4v) is 4.46. The van der Waals surface area contributed by atoms with Gasteiger partial charge in [0.1, 0.15) is 5.75 Å². The third-order valence-electron chi connectivity index (χ3n) is 5.77. The molecule has 5 heteroatoms. The molecule has 1 radical (unpaired) electrons. The van der Waals surface area contributed by atoms with Crippen LogP contribution in [0.25, 0.3) is 10.9 Å². The summed E-state index contributed by atoms with van der Waals surface area (Å²) in [5.74, 6) is 0.0471. The van der Waals surface area contributed by atoms with Crippen LogP contribution in [0.2, 0.25) is 5.02 Å². The van der Waals surface area contributed by atoms with Gasteiger partial charge in [0.15, 0.2) is 0 Å². The first kappa shape index (κ1) is 19.0. The highest BCUT2D eigenvalue weighted by molar-refractivity contribution is 6.30. The molecule has 30 heavy (non-hydrogen) atoms. The van der Waals surface area contributed by atoms with Gasteiger partial charge in [-0.3, -0.25) is 0 Å². The molecule has 0 bridgehead atoms. The van der Waals surface area contributed by atoms with Gasteiger partial charge < -0.3 is 20.3 Å². The van der Waals surface area contributed by atoms with E-state index in [1.165, 1.54) is 0 Å². The molecule has 0 saturated carbocycles. The number of aromatic amines is 1. The molecule has 0 spiro atoms. The van der Waals surface area contributed by atoms with Gasteiger partial charge in [-0.15, -0.1) is 0 Å². The molecule has 1 aromatic heterocycles. The molecule has 3 N–H and O–H groups in total. The quantitative estimate of drug-likeness (QED) is 0.442. The maximum absolute atomic E-state index is 10.7. The number of halogens is 1. The predicted octanol–water partition coefficient (Wildman–Crippen LogP) is 4.92. The van der Waals surface area contributed by atoms with Crippen LogP contribution in [0.15, 0.2) is 66.7 Å². The summed E-state index contributed by atoms with van der Waals surface area (Å²) in [7, 11) is 0. The van der Waals surface area contributed by atoms with Crippen molar-refractivity contribution in [1.29, 1.82) is 0 Å². The zero-order valence-electron chi connectivity index (χ0n) is 16.5. The number of aromatic hydroxyl groups is 1. The second kappa shape index (κ2) is 8.05. The summed E-state index contributed by atoms with van der Waals surface area (Å²) in [5, 5.41) is 15.9. The van der Waals surface area contributed by atoms with Gasteiger partial charge in [-0.1, -0.05) is 29.8 Å². The molecule has 4 nitrogen and oxygen atoms in total. The van der Waals surface area contributed by atoms with Crippen molar-refractivity contribution in [1.82, 2.24) is 10.3 Å². The normalized spacial score (nSPS) is 15.4. The number of nitrogens with zero attached hydrogens (tertiary/aromatic N) is 1. The topological polar surface area (TPSA) is 51.3 Å². The Bertz CT molecular complexity index is 1150. The number of anilines is 1. The molecular weight excluding hydrogens is 394 g/mol. The molecule has 0 aliphatic carbocycles. The van der Waals surface area contributed by atoms with Gasteiger partial charge in [-0.05, 0) is 65.5 Å². The molecule has 2 heterocycles. The Hall–Kier alpha value is -2.95. The fraction of sp³-hybridized carbons (Fsp3) is 0.200. The van der Waals surface area contributed by atoms with Gasteiger partial charge in [0.05, 0.1) is 5.92 Å². The van der Waals surface area contributed by atoms with E-state index < -0.39 is 0 Å². The highest BCUT2D eigenvalue weighted by atomic mass is 35.5. The lowest BCUT2D eigenvalue weighted by Gasteiger charge is -2.30. The molecule has 3 aromatic carbocycles. The van der Waals surface area contributed by atoms with Gasteiger partial charge in [0.2, 0.25) is 0 Å². The molecule has 5 rings (SSSR count). The number of para-hydroxylation sites is 1. The molecule has 1 aliphatic rings. The van der Waals surface area contributed by atoms with Crippen molar-refractivity contribution in [2.24, 2.45) is 0 Å². The predicted molar refractivity (Wildman–Crippen MR) is 123 cm³/mol. The number of benzene rings is 3. The molecule has 0 amide bonds. The summed E-state index contributed by atoms with van der Waals surface area (Å²) in [6.07, 6.45) is 0. The minimum atomic E-state index is -0.185. The number of phenols is 1. The van der Waals surface area contributed by atoms with Gasteiger partial charge in [0.25, 0.3) is 0 Å². The number of aromatic nitrogens is 1. The Kier molecular flexibility index (Phi) is 5.11. The standard InChI is InChI=1S/C25H23ClN3O/c26-19-8-9-24(30)21(16-19)25(23-15-17-4-1-2-7-22(17)28-23)18-5-3-6-20(14-18)29-12-10-27-11-13-29/h1-2,4-9,14-16,25,27-28,30H,10-13H2/t25-/m1/s1. The van der Waals surface area contributed by atoms with Gasteiger partial charge in [-0.2, -0.15) is 0 Å². The van der Waals surface area contributed by atoms with Crippen LogP contribution < -0.4 is 10.2 Å². The van der Waals surface area contributed by atoms with Crippen molar-refractivity contribution in [3.8, 4) is 5.75 Å². The smallest absolute Gasteiger partial charge is 0.119 e. The van der Waals surface area contributed by atoms with Crippen LogP contribution in [-0.2, 0) is 0 Å². The minimum absolute atomic E-state index is 0.185. The van der Waals surface area contributed by atoms with Crippen molar-refractivity contribution >= 4 is 28.2 Å². The second-order valence-electron chi connectivity index (χ2n) is 7.71. The first-order valence-corrected chi connectivity index (χ1v) is 10.6. The summed E-state index contributed by atoms with van der Waals surface area (Å²) in [5.41, 5.74) is 5.08. The van der Waals surface area contributed by atoms with Gasteiger partial charge >= 0.3 is 0 Å². The number of H-pyrrole nitrogens is 1. The van der Waals surface area contributed by atoms with Crippen molar-refractivity contribution in [2.45, 2.75) is 5.92 Å². The Morgan fingerprint density at radius 3 is 2.67 bits per heavy atom. The molecule has 0 unspecified atom stereocenters. The summed E-state index contributed by atoms with van der Waals surface area (Å²) in [4.78, 5) is 5.92. The Labute approximate surface area is 181 Å². The second-order valence-corrected chi connectivity index (χ2v) is 8.15. The molecule has 1 aliphatic heterocycles. The van der Waals surface area contributed by atoms with Crippen LogP contribution >= 0.6 is 11.6 Å². The summed E-state index contributed by atoms with van der Waals surface area (Å²) in [6.45, 7) is 3.89. The maximum atomic E-state index is 10.7. The average molecular weight is 417 g/mol. The number of rotatable bonds is 4. The van der Waals surface area contributed by atoms with E-state index in [-0.39, 0.29) is 11.7 Å². The lowest BCUT2D eigenvalue weighted by Crippen LogP contribution is -2.43. The van der Waals surface area contributed by atoms with E-state index in [1.54, 1.807) is 12.1 Å². The molecule has 1 saturated heterocycles. The first-order valence-electron chi connectivity index (χ1n) is 10.2. The lowest BCUT2D eigenvalue weighted by molar-refractivity contribution is 0.467. The van der Waals surface area contributed by atoms with E-state index in [4.69, 9.17) is 11.6 Å². The summed E-state index contributed by atoms with van der Waals surface area (Å²) in [6, 6.07) is 25.2. The molecule has 151 valence electrons. The Morgan fingerprint density at radius 2 is 1.83 bits per heavy atom. The largest absolute Gasteiger partial charge is 0.508 e. The van der Waals surface area contributed by atoms with Crippen LogP contribution in [0.1, 0.15) is 22.7 Å². The third-order valence-corrected chi connectivity index (χ3v) is 6.01. The van der Waals surface area contributed by atoms with E-state index in [1.807, 2.05) is 30.3 Å².